The SMILES string of the molecule is CCCCCCCCCCCCCCCCCCCCCCCCCCCCCCCCCCCCCCCCC(=O)[O-].[Li+]. The van der Waals surface area contributed by atoms with Crippen molar-refractivity contribution in [2.45, 2.75) is 257 Å². The maximum atomic E-state index is 10.4. The van der Waals surface area contributed by atoms with Gasteiger partial charge in [-0.15, -0.1) is 0 Å². The van der Waals surface area contributed by atoms with Crippen LogP contribution in [0.15, 0.2) is 0 Å². The van der Waals surface area contributed by atoms with Gasteiger partial charge in [-0.1, -0.05) is 244 Å². The predicted molar refractivity (Wildman–Crippen MR) is 191 cm³/mol. The summed E-state index contributed by atoms with van der Waals surface area (Å²) in [7, 11) is 0. The fourth-order valence-electron chi connectivity index (χ4n) is 6.71. The van der Waals surface area contributed by atoms with Crippen LogP contribution in [-0.2, 0) is 4.79 Å². The molecule has 0 rings (SSSR count). The quantitative estimate of drug-likeness (QED) is 0.0512. The van der Waals surface area contributed by atoms with Gasteiger partial charge in [0.2, 0.25) is 0 Å². The van der Waals surface area contributed by atoms with E-state index in [0.29, 0.717) is 0 Å². The normalized spacial score (nSPS) is 11.2. The van der Waals surface area contributed by atoms with Crippen molar-refractivity contribution >= 4 is 5.97 Å². The van der Waals surface area contributed by atoms with Crippen molar-refractivity contribution in [3.8, 4) is 0 Å². The molecule has 0 aliphatic carbocycles. The predicted octanol–water partition coefficient (Wildman–Crippen LogP) is 11.0. The zero-order valence-corrected chi connectivity index (χ0v) is 30.9. The summed E-state index contributed by atoms with van der Waals surface area (Å²) in [5.41, 5.74) is 0. The van der Waals surface area contributed by atoms with Gasteiger partial charge in [-0.2, -0.15) is 0 Å². The molecule has 44 heavy (non-hydrogen) atoms. The Morgan fingerprint density at radius 1 is 0.295 bits per heavy atom. The molecule has 0 amide bonds. The van der Waals surface area contributed by atoms with E-state index in [1.165, 1.54) is 231 Å². The molecule has 258 valence electrons. The van der Waals surface area contributed by atoms with E-state index < -0.39 is 5.97 Å². The molecule has 0 bridgehead atoms. The minimum Gasteiger partial charge on any atom is -0.550 e. The van der Waals surface area contributed by atoms with Crippen molar-refractivity contribution < 1.29 is 28.8 Å². The molecule has 0 unspecified atom stereocenters. The number of unbranched alkanes of at least 4 members (excludes halogenated alkanes) is 37. The Balaban J connectivity index is 0. The maximum absolute atomic E-state index is 10.4. The van der Waals surface area contributed by atoms with Crippen LogP contribution in [0.25, 0.3) is 0 Å². The van der Waals surface area contributed by atoms with Crippen LogP contribution >= 0.6 is 0 Å². The second-order valence-corrected chi connectivity index (χ2v) is 14.2. The van der Waals surface area contributed by atoms with Crippen molar-refractivity contribution in [1.29, 1.82) is 0 Å². The number of carboxylic acid groups (broad SMARTS) is 1. The van der Waals surface area contributed by atoms with E-state index in [1.807, 2.05) is 0 Å². The van der Waals surface area contributed by atoms with E-state index in [-0.39, 0.29) is 25.3 Å². The van der Waals surface area contributed by atoms with Crippen molar-refractivity contribution in [2.24, 2.45) is 0 Å². The molecule has 0 aromatic heterocycles. The minimum absolute atomic E-state index is 0. The summed E-state index contributed by atoms with van der Waals surface area (Å²) >= 11 is 0. The van der Waals surface area contributed by atoms with E-state index in [1.54, 1.807) is 0 Å². The Kier molecular flexibility index (Phi) is 45.2. The van der Waals surface area contributed by atoms with Gasteiger partial charge in [0, 0.05) is 5.97 Å². The monoisotopic (exact) mass is 613 g/mol. The second kappa shape index (κ2) is 43.1. The number of carbonyl (C=O) groups is 1. The summed E-state index contributed by atoms with van der Waals surface area (Å²) in [5.74, 6) is -0.897. The zero-order valence-electron chi connectivity index (χ0n) is 30.9. The maximum Gasteiger partial charge on any atom is 1.00 e. The third-order valence-corrected chi connectivity index (χ3v) is 9.73. The van der Waals surface area contributed by atoms with E-state index in [9.17, 15) is 9.90 Å². The third kappa shape index (κ3) is 44.2. The van der Waals surface area contributed by atoms with Crippen LogP contribution in [0.5, 0.6) is 0 Å². The average molecular weight is 613 g/mol. The van der Waals surface area contributed by atoms with Gasteiger partial charge >= 0.3 is 18.9 Å². The summed E-state index contributed by atoms with van der Waals surface area (Å²) in [4.78, 5) is 10.4. The van der Waals surface area contributed by atoms with E-state index in [0.717, 1.165) is 12.8 Å². The van der Waals surface area contributed by atoms with Gasteiger partial charge in [-0.3, -0.25) is 0 Å². The largest absolute Gasteiger partial charge is 1.00 e. The number of hydrogen-bond acceptors (Lipinski definition) is 2. The molecule has 0 aromatic rings. The molecule has 0 atom stereocenters. The Bertz CT molecular complexity index is 509. The third-order valence-electron chi connectivity index (χ3n) is 9.73. The van der Waals surface area contributed by atoms with Gasteiger partial charge in [-0.25, -0.2) is 0 Å². The van der Waals surface area contributed by atoms with Gasteiger partial charge < -0.3 is 9.90 Å². The van der Waals surface area contributed by atoms with Gasteiger partial charge in [0.25, 0.3) is 0 Å². The first-order valence-corrected chi connectivity index (χ1v) is 20.5. The first-order chi connectivity index (χ1) is 21.3. The molecular formula is C41H81LiO2. The fourth-order valence-corrected chi connectivity index (χ4v) is 6.71. The fraction of sp³-hybridized carbons (Fsp3) is 0.976. The van der Waals surface area contributed by atoms with E-state index in [2.05, 4.69) is 6.92 Å². The minimum atomic E-state index is -0.897. The molecule has 0 aliphatic heterocycles. The Morgan fingerprint density at radius 3 is 0.568 bits per heavy atom. The van der Waals surface area contributed by atoms with Gasteiger partial charge in [0.1, 0.15) is 0 Å². The molecule has 0 saturated carbocycles. The molecule has 0 heterocycles. The summed E-state index contributed by atoms with van der Waals surface area (Å²) in [5, 5.41) is 10.4. The van der Waals surface area contributed by atoms with Crippen molar-refractivity contribution in [3.63, 3.8) is 0 Å². The molecule has 0 aromatic carbocycles. The van der Waals surface area contributed by atoms with Gasteiger partial charge in [0.15, 0.2) is 0 Å². The Labute approximate surface area is 291 Å². The molecule has 0 saturated heterocycles. The molecule has 2 nitrogen and oxygen atoms in total. The first kappa shape index (κ1) is 46.2. The molecule has 3 heteroatoms. The van der Waals surface area contributed by atoms with Gasteiger partial charge in [0.05, 0.1) is 0 Å². The zero-order chi connectivity index (χ0) is 31.2. The van der Waals surface area contributed by atoms with Crippen LogP contribution in [0.4, 0.5) is 0 Å². The number of carbonyl (C=O) groups excluding carboxylic acids is 1. The summed E-state index contributed by atoms with van der Waals surface area (Å²) in [6.07, 6.45) is 54.0. The average Bonchev–Trinajstić information content (AvgIpc) is 3.00. The first-order valence-electron chi connectivity index (χ1n) is 20.5. The van der Waals surface area contributed by atoms with Gasteiger partial charge in [-0.05, 0) is 12.8 Å². The van der Waals surface area contributed by atoms with Crippen LogP contribution in [0.2, 0.25) is 0 Å². The summed E-state index contributed by atoms with van der Waals surface area (Å²) < 4.78 is 0. The molecule has 0 radical (unpaired) electrons. The number of rotatable bonds is 39. The van der Waals surface area contributed by atoms with E-state index in [4.69, 9.17) is 0 Å². The number of carboxylic acids is 1. The number of aliphatic carboxylic acids is 1. The van der Waals surface area contributed by atoms with Crippen molar-refractivity contribution in [3.05, 3.63) is 0 Å². The van der Waals surface area contributed by atoms with Crippen molar-refractivity contribution in [1.82, 2.24) is 0 Å². The second-order valence-electron chi connectivity index (χ2n) is 14.2. The van der Waals surface area contributed by atoms with Crippen LogP contribution in [-0.4, -0.2) is 5.97 Å². The Morgan fingerprint density at radius 2 is 0.432 bits per heavy atom. The van der Waals surface area contributed by atoms with Crippen LogP contribution in [0.1, 0.15) is 257 Å². The molecule has 0 aliphatic rings. The summed E-state index contributed by atoms with van der Waals surface area (Å²) in [6, 6.07) is 0. The van der Waals surface area contributed by atoms with Crippen molar-refractivity contribution in [2.75, 3.05) is 0 Å². The molecule has 0 spiro atoms. The van der Waals surface area contributed by atoms with Crippen LogP contribution < -0.4 is 24.0 Å². The van der Waals surface area contributed by atoms with E-state index >= 15 is 0 Å². The van der Waals surface area contributed by atoms with Crippen LogP contribution in [0, 0.1) is 0 Å². The summed E-state index contributed by atoms with van der Waals surface area (Å²) in [6.45, 7) is 2.30. The Hall–Kier alpha value is 0.0674. The smallest absolute Gasteiger partial charge is 0.550 e. The topological polar surface area (TPSA) is 40.1 Å². The van der Waals surface area contributed by atoms with Crippen LogP contribution in [0.3, 0.4) is 0 Å². The molecule has 0 fully saturated rings. The molecular weight excluding hydrogens is 531 g/mol. The molecule has 0 N–H and O–H groups in total. The number of hydrogen-bond donors (Lipinski definition) is 0. The standard InChI is InChI=1S/C41H82O2.Li/c1-2-3-4-5-6-7-8-9-10-11-12-13-14-15-16-17-18-19-20-21-22-23-24-25-26-27-28-29-30-31-32-33-34-35-36-37-38-39-40-41(42)43;/h2-40H2,1H3,(H,42,43);/q;+1/p-1.